The average molecular weight is 206 g/mol. The van der Waals surface area contributed by atoms with Gasteiger partial charge in [0.1, 0.15) is 6.07 Å². The van der Waals surface area contributed by atoms with E-state index in [0.29, 0.717) is 18.8 Å². The van der Waals surface area contributed by atoms with Crippen LogP contribution in [0.3, 0.4) is 0 Å². The van der Waals surface area contributed by atoms with Crippen LogP contribution in [0.25, 0.3) is 0 Å². The summed E-state index contributed by atoms with van der Waals surface area (Å²) in [5.41, 5.74) is 1.11. The molecule has 1 aliphatic heterocycles. The molecule has 0 saturated heterocycles. The van der Waals surface area contributed by atoms with Gasteiger partial charge in [0, 0.05) is 6.54 Å². The Hall–Kier alpha value is -2.03. The van der Waals surface area contributed by atoms with Gasteiger partial charge in [-0.2, -0.15) is 10.4 Å². The number of carboxylic acid groups (broad SMARTS) is 1. The number of hydrogen-bond donors (Lipinski definition) is 1. The van der Waals surface area contributed by atoms with Crippen LogP contribution in [0.15, 0.2) is 6.07 Å². The number of carbonyl (C=O) groups is 1. The second kappa shape index (κ2) is 3.28. The Morgan fingerprint density at radius 1 is 1.80 bits per heavy atom. The van der Waals surface area contributed by atoms with Crippen molar-refractivity contribution < 1.29 is 9.90 Å². The summed E-state index contributed by atoms with van der Waals surface area (Å²) in [5, 5.41) is 21.6. The highest BCUT2D eigenvalue weighted by atomic mass is 16.4. The molecule has 2 rings (SSSR count). The van der Waals surface area contributed by atoms with Crippen LogP contribution in [0.4, 0.5) is 4.79 Å². The first-order valence-corrected chi connectivity index (χ1v) is 4.58. The van der Waals surface area contributed by atoms with Gasteiger partial charge in [0.2, 0.25) is 0 Å². The van der Waals surface area contributed by atoms with Crippen molar-refractivity contribution in [3.05, 3.63) is 17.5 Å². The quantitative estimate of drug-likeness (QED) is 0.680. The topological polar surface area (TPSA) is 82.2 Å². The van der Waals surface area contributed by atoms with Crippen LogP contribution in [0, 0.1) is 11.3 Å². The predicted octanol–water partition coefficient (Wildman–Crippen LogP) is 0.809. The summed E-state index contributed by atoms with van der Waals surface area (Å²) in [6.07, 6.45) is -0.937. The molecule has 0 aliphatic carbocycles. The van der Waals surface area contributed by atoms with Crippen LogP contribution in [-0.4, -0.2) is 32.4 Å². The maximum Gasteiger partial charge on any atom is 0.407 e. The lowest BCUT2D eigenvalue weighted by Crippen LogP contribution is -2.39. The number of fused-ring (bicyclic) bond motifs is 1. The molecule has 0 bridgehead atoms. The van der Waals surface area contributed by atoms with E-state index < -0.39 is 6.09 Å². The summed E-state index contributed by atoms with van der Waals surface area (Å²) in [6, 6.07) is 3.56. The maximum atomic E-state index is 10.8. The Bertz CT molecular complexity index is 445. The van der Waals surface area contributed by atoms with Gasteiger partial charge in [0.25, 0.3) is 0 Å². The summed E-state index contributed by atoms with van der Waals surface area (Å²) >= 11 is 0. The van der Waals surface area contributed by atoms with Crippen molar-refractivity contribution in [2.75, 3.05) is 6.54 Å². The minimum atomic E-state index is -0.937. The molecule has 1 aromatic rings. The summed E-state index contributed by atoms with van der Waals surface area (Å²) in [4.78, 5) is 12.1. The predicted molar refractivity (Wildman–Crippen MR) is 50.1 cm³/mol. The minimum Gasteiger partial charge on any atom is -0.465 e. The largest absolute Gasteiger partial charge is 0.465 e. The molecule has 0 unspecified atom stereocenters. The zero-order valence-corrected chi connectivity index (χ0v) is 8.21. The van der Waals surface area contributed by atoms with Crippen LogP contribution in [0.5, 0.6) is 0 Å². The van der Waals surface area contributed by atoms with Crippen molar-refractivity contribution in [3.63, 3.8) is 0 Å². The molecule has 0 saturated carbocycles. The third-order valence-electron chi connectivity index (χ3n) is 2.45. The number of nitriles is 1. The highest BCUT2D eigenvalue weighted by Gasteiger charge is 2.26. The standard InChI is InChI=1S/C9H10N4O2/c1-6-4-12(9(14)15)5-8-2-7(3-10)11-13(6)8/h2,6H,4-5H2,1H3,(H,14,15)/t6-/m1/s1. The molecule has 0 fully saturated rings. The molecule has 78 valence electrons. The number of aromatic nitrogens is 2. The number of nitrogens with zero attached hydrogens (tertiary/aromatic N) is 4. The van der Waals surface area contributed by atoms with Crippen LogP contribution >= 0.6 is 0 Å². The van der Waals surface area contributed by atoms with Crippen molar-refractivity contribution in [3.8, 4) is 6.07 Å². The monoisotopic (exact) mass is 206 g/mol. The van der Waals surface area contributed by atoms with E-state index in [2.05, 4.69) is 5.10 Å². The molecule has 1 aliphatic rings. The van der Waals surface area contributed by atoms with E-state index in [0.717, 1.165) is 5.69 Å². The zero-order valence-electron chi connectivity index (χ0n) is 8.21. The van der Waals surface area contributed by atoms with Gasteiger partial charge < -0.3 is 10.0 Å². The van der Waals surface area contributed by atoms with Gasteiger partial charge in [-0.3, -0.25) is 4.68 Å². The highest BCUT2D eigenvalue weighted by Crippen LogP contribution is 2.20. The van der Waals surface area contributed by atoms with E-state index in [4.69, 9.17) is 10.4 Å². The summed E-state index contributed by atoms with van der Waals surface area (Å²) < 4.78 is 1.72. The van der Waals surface area contributed by atoms with Crippen molar-refractivity contribution in [1.82, 2.24) is 14.7 Å². The maximum absolute atomic E-state index is 10.8. The van der Waals surface area contributed by atoms with Crippen molar-refractivity contribution >= 4 is 6.09 Å². The molecule has 1 atom stereocenters. The van der Waals surface area contributed by atoms with E-state index in [1.54, 1.807) is 10.7 Å². The fourth-order valence-corrected chi connectivity index (χ4v) is 1.79. The molecule has 0 aromatic carbocycles. The second-order valence-corrected chi connectivity index (χ2v) is 3.59. The highest BCUT2D eigenvalue weighted by molar-refractivity contribution is 5.65. The van der Waals surface area contributed by atoms with Crippen molar-refractivity contribution in [1.29, 1.82) is 5.26 Å². The molecule has 1 N–H and O–H groups in total. The smallest absolute Gasteiger partial charge is 0.407 e. The fourth-order valence-electron chi connectivity index (χ4n) is 1.79. The first-order valence-electron chi connectivity index (χ1n) is 4.58. The van der Waals surface area contributed by atoms with Crippen LogP contribution in [0.1, 0.15) is 24.4 Å². The molecule has 15 heavy (non-hydrogen) atoms. The third kappa shape index (κ3) is 1.52. The van der Waals surface area contributed by atoms with Gasteiger partial charge in [-0.05, 0) is 13.0 Å². The number of hydrogen-bond acceptors (Lipinski definition) is 3. The van der Waals surface area contributed by atoms with E-state index in [1.807, 2.05) is 13.0 Å². The minimum absolute atomic E-state index is 0.0213. The van der Waals surface area contributed by atoms with Gasteiger partial charge in [0.15, 0.2) is 5.69 Å². The van der Waals surface area contributed by atoms with Crippen LogP contribution in [0.2, 0.25) is 0 Å². The Morgan fingerprint density at radius 3 is 3.13 bits per heavy atom. The Labute approximate surface area is 86.3 Å². The summed E-state index contributed by atoms with van der Waals surface area (Å²) in [5.74, 6) is 0. The van der Waals surface area contributed by atoms with E-state index in [-0.39, 0.29) is 6.04 Å². The molecule has 0 spiro atoms. The van der Waals surface area contributed by atoms with E-state index in [9.17, 15) is 4.79 Å². The molecule has 1 amide bonds. The second-order valence-electron chi connectivity index (χ2n) is 3.59. The Balaban J connectivity index is 2.35. The lowest BCUT2D eigenvalue weighted by Gasteiger charge is -2.29. The zero-order chi connectivity index (χ0) is 11.0. The average Bonchev–Trinajstić information content (AvgIpc) is 2.61. The Morgan fingerprint density at radius 2 is 2.53 bits per heavy atom. The van der Waals surface area contributed by atoms with Crippen molar-refractivity contribution in [2.24, 2.45) is 0 Å². The Kier molecular flexibility index (Phi) is 2.08. The molecule has 1 aromatic heterocycles. The van der Waals surface area contributed by atoms with Gasteiger partial charge in [-0.1, -0.05) is 0 Å². The molecule has 0 radical (unpaired) electrons. The van der Waals surface area contributed by atoms with Crippen molar-refractivity contribution in [2.45, 2.75) is 19.5 Å². The summed E-state index contributed by atoms with van der Waals surface area (Å²) in [6.45, 7) is 2.59. The molecule has 2 heterocycles. The molecule has 6 nitrogen and oxygen atoms in total. The number of amides is 1. The first kappa shape index (κ1) is 9.52. The lowest BCUT2D eigenvalue weighted by molar-refractivity contribution is 0.122. The first-order chi connectivity index (χ1) is 7.11. The SMILES string of the molecule is C[C@@H]1CN(C(=O)O)Cc2cc(C#N)nn21. The van der Waals surface area contributed by atoms with Gasteiger partial charge in [-0.25, -0.2) is 4.79 Å². The van der Waals surface area contributed by atoms with Crippen LogP contribution in [-0.2, 0) is 6.54 Å². The number of rotatable bonds is 0. The molecular formula is C9H10N4O2. The van der Waals surface area contributed by atoms with E-state index in [1.165, 1.54) is 4.90 Å². The molecule has 6 heteroatoms. The van der Waals surface area contributed by atoms with Gasteiger partial charge in [-0.15, -0.1) is 0 Å². The van der Waals surface area contributed by atoms with Crippen LogP contribution < -0.4 is 0 Å². The fraction of sp³-hybridized carbons (Fsp3) is 0.444. The van der Waals surface area contributed by atoms with Gasteiger partial charge >= 0.3 is 6.09 Å². The van der Waals surface area contributed by atoms with Gasteiger partial charge in [0.05, 0.1) is 18.3 Å². The third-order valence-corrected chi connectivity index (χ3v) is 2.45. The molecular weight excluding hydrogens is 196 g/mol. The van der Waals surface area contributed by atoms with E-state index >= 15 is 0 Å². The normalized spacial score (nSPS) is 19.5. The lowest BCUT2D eigenvalue weighted by atomic mass is 10.2. The summed E-state index contributed by atoms with van der Waals surface area (Å²) in [7, 11) is 0.